The maximum Gasteiger partial charge on any atom is 0.326 e. The summed E-state index contributed by atoms with van der Waals surface area (Å²) in [5.74, 6) is -7.26. The number of rotatable bonds is 23. The molecule has 0 aromatic carbocycles. The van der Waals surface area contributed by atoms with E-state index in [1.54, 1.807) is 13.8 Å². The van der Waals surface area contributed by atoms with Crippen molar-refractivity contribution in [3.8, 4) is 0 Å². The van der Waals surface area contributed by atoms with Crippen molar-refractivity contribution >= 4 is 47.4 Å². The lowest BCUT2D eigenvalue weighted by atomic mass is 10.0. The zero-order chi connectivity index (χ0) is 34.7. The van der Waals surface area contributed by atoms with Gasteiger partial charge in [-0.1, -0.05) is 20.3 Å². The maximum atomic E-state index is 13.4. The second-order valence-corrected chi connectivity index (χ2v) is 10.8. The van der Waals surface area contributed by atoms with E-state index in [9.17, 15) is 38.7 Å². The van der Waals surface area contributed by atoms with E-state index in [4.69, 9.17) is 34.4 Å². The first-order chi connectivity index (χ1) is 21.0. The smallest absolute Gasteiger partial charge is 0.326 e. The summed E-state index contributed by atoms with van der Waals surface area (Å²) in [5.41, 5.74) is 32.5. The molecule has 0 aromatic heterocycles. The molecule has 0 spiro atoms. The van der Waals surface area contributed by atoms with Crippen LogP contribution in [0.1, 0.15) is 65.2 Å². The van der Waals surface area contributed by atoms with E-state index in [0.717, 1.165) is 0 Å². The molecule has 256 valence electrons. The standard InChI is InChI=1S/C26H49N11O8/c1-13(2)20(25(44)45)37-23(42)16(8-9-18(29)38)35-22(41)15(7-5-11-33-26(31)32)34-24(43)17(12-19(30)39)36-21(40)14(28)6-3-4-10-27/h13-17,20H,3-12,27-28H2,1-2H3,(H2,29,38)(H2,30,39)(H,34,43)(H,35,41)(H,36,40)(H,37,42)(H,44,45)(H4,31,32,33)/t14-,15-,16-,17-,20-/m0/s1. The first-order valence-electron chi connectivity index (χ1n) is 14.5. The van der Waals surface area contributed by atoms with Gasteiger partial charge >= 0.3 is 5.97 Å². The van der Waals surface area contributed by atoms with Crippen molar-refractivity contribution in [3.63, 3.8) is 0 Å². The Labute approximate surface area is 261 Å². The molecule has 6 amide bonds. The molecule has 0 saturated heterocycles. The molecule has 0 unspecified atom stereocenters. The first kappa shape index (κ1) is 40.5. The monoisotopic (exact) mass is 643 g/mol. The predicted molar refractivity (Wildman–Crippen MR) is 163 cm³/mol. The minimum absolute atomic E-state index is 0.0569. The Morgan fingerprint density at radius 3 is 1.71 bits per heavy atom. The highest BCUT2D eigenvalue weighted by Gasteiger charge is 2.33. The fraction of sp³-hybridized carbons (Fsp3) is 0.692. The van der Waals surface area contributed by atoms with E-state index in [-0.39, 0.29) is 44.6 Å². The summed E-state index contributed by atoms with van der Waals surface area (Å²) in [7, 11) is 0. The van der Waals surface area contributed by atoms with Crippen LogP contribution in [0.3, 0.4) is 0 Å². The van der Waals surface area contributed by atoms with Crippen LogP contribution in [0.4, 0.5) is 0 Å². The molecule has 5 atom stereocenters. The van der Waals surface area contributed by atoms with Crippen LogP contribution in [0.25, 0.3) is 0 Å². The van der Waals surface area contributed by atoms with Crippen LogP contribution in [0.2, 0.25) is 0 Å². The second kappa shape index (κ2) is 21.2. The van der Waals surface area contributed by atoms with E-state index in [1.165, 1.54) is 0 Å². The quantitative estimate of drug-likeness (QED) is 0.0284. The molecule has 17 N–H and O–H groups in total. The molecule has 0 fully saturated rings. The zero-order valence-electron chi connectivity index (χ0n) is 25.8. The molecule has 19 heteroatoms. The Bertz CT molecular complexity index is 1070. The van der Waals surface area contributed by atoms with Crippen molar-refractivity contribution < 1.29 is 38.7 Å². The van der Waals surface area contributed by atoms with Crippen LogP contribution in [0, 0.1) is 5.92 Å². The second-order valence-electron chi connectivity index (χ2n) is 10.8. The molecule has 0 rings (SSSR count). The van der Waals surface area contributed by atoms with E-state index < -0.39 is 84.0 Å². The van der Waals surface area contributed by atoms with Crippen molar-refractivity contribution in [2.75, 3.05) is 13.1 Å². The normalized spacial score (nSPS) is 14.2. The molecule has 19 nitrogen and oxygen atoms in total. The summed E-state index contributed by atoms with van der Waals surface area (Å²) >= 11 is 0. The third kappa shape index (κ3) is 17.4. The summed E-state index contributed by atoms with van der Waals surface area (Å²) in [6.45, 7) is 3.58. The van der Waals surface area contributed by atoms with E-state index in [0.29, 0.717) is 19.4 Å². The Morgan fingerprint density at radius 1 is 0.689 bits per heavy atom. The molecule has 0 aromatic rings. The number of nitrogens with two attached hydrogens (primary N) is 6. The number of hydrogen-bond acceptors (Lipinski definition) is 10. The Kier molecular flexibility index (Phi) is 19.1. The lowest BCUT2D eigenvalue weighted by Crippen LogP contribution is -2.59. The highest BCUT2D eigenvalue weighted by atomic mass is 16.4. The number of nitrogens with one attached hydrogen (secondary N) is 4. The lowest BCUT2D eigenvalue weighted by Gasteiger charge is -2.26. The minimum Gasteiger partial charge on any atom is -0.480 e. The number of amides is 6. The van der Waals surface area contributed by atoms with Crippen LogP contribution in [0.15, 0.2) is 4.99 Å². The van der Waals surface area contributed by atoms with Gasteiger partial charge in [-0.3, -0.25) is 33.8 Å². The summed E-state index contributed by atoms with van der Waals surface area (Å²) < 4.78 is 0. The fourth-order valence-electron chi connectivity index (χ4n) is 3.97. The number of carboxylic acids is 1. The van der Waals surface area contributed by atoms with E-state index in [1.807, 2.05) is 0 Å². The highest BCUT2D eigenvalue weighted by molar-refractivity contribution is 5.97. The van der Waals surface area contributed by atoms with Crippen LogP contribution in [0.5, 0.6) is 0 Å². The molecular formula is C26H49N11O8. The minimum atomic E-state index is -1.50. The first-order valence-corrected chi connectivity index (χ1v) is 14.5. The van der Waals surface area contributed by atoms with Crippen molar-refractivity contribution in [1.82, 2.24) is 21.3 Å². The van der Waals surface area contributed by atoms with Gasteiger partial charge < -0.3 is 60.8 Å². The molecule has 0 aliphatic heterocycles. The van der Waals surface area contributed by atoms with Crippen LogP contribution < -0.4 is 55.7 Å². The number of carboxylic acid groups (broad SMARTS) is 1. The van der Waals surface area contributed by atoms with Crippen molar-refractivity contribution in [3.05, 3.63) is 0 Å². The number of aliphatic carboxylic acids is 1. The van der Waals surface area contributed by atoms with Crippen LogP contribution >= 0.6 is 0 Å². The number of unbranched alkanes of at least 4 members (excludes halogenated alkanes) is 1. The van der Waals surface area contributed by atoms with Gasteiger partial charge in [0, 0.05) is 13.0 Å². The zero-order valence-corrected chi connectivity index (χ0v) is 25.8. The van der Waals surface area contributed by atoms with Gasteiger partial charge in [0.2, 0.25) is 35.4 Å². The summed E-state index contributed by atoms with van der Waals surface area (Å²) in [4.78, 5) is 90.8. The average Bonchev–Trinajstić information content (AvgIpc) is 2.93. The third-order valence-electron chi connectivity index (χ3n) is 6.47. The van der Waals surface area contributed by atoms with Crippen LogP contribution in [-0.2, 0) is 33.6 Å². The van der Waals surface area contributed by atoms with Gasteiger partial charge in [-0.2, -0.15) is 0 Å². The van der Waals surface area contributed by atoms with Gasteiger partial charge in [-0.05, 0) is 44.6 Å². The molecule has 0 saturated carbocycles. The topological polar surface area (TPSA) is 356 Å². The summed E-state index contributed by atoms with van der Waals surface area (Å²) in [6.07, 6.45) is 0.259. The number of carbonyl (C=O) groups is 7. The van der Waals surface area contributed by atoms with Crippen molar-refractivity contribution in [1.29, 1.82) is 0 Å². The number of hydrogen-bond donors (Lipinski definition) is 11. The molecule has 0 aliphatic rings. The van der Waals surface area contributed by atoms with E-state index >= 15 is 0 Å². The maximum absolute atomic E-state index is 13.4. The lowest BCUT2D eigenvalue weighted by molar-refractivity contribution is -0.143. The number of primary amides is 2. The number of nitrogens with zero attached hydrogens (tertiary/aromatic N) is 1. The molecular weight excluding hydrogens is 594 g/mol. The fourth-order valence-corrected chi connectivity index (χ4v) is 3.97. The van der Waals surface area contributed by atoms with Crippen molar-refractivity contribution in [2.24, 2.45) is 45.3 Å². The molecule has 0 radical (unpaired) electrons. The van der Waals surface area contributed by atoms with Gasteiger partial charge in [0.1, 0.15) is 24.2 Å². The molecule has 0 aliphatic carbocycles. The predicted octanol–water partition coefficient (Wildman–Crippen LogP) is -4.68. The Hall–Kier alpha value is -4.52. The molecule has 0 bridgehead atoms. The number of carbonyl (C=O) groups excluding carboxylic acids is 6. The van der Waals surface area contributed by atoms with Gasteiger partial charge in [-0.25, -0.2) is 4.79 Å². The van der Waals surface area contributed by atoms with Gasteiger partial charge in [-0.15, -0.1) is 0 Å². The average molecular weight is 644 g/mol. The summed E-state index contributed by atoms with van der Waals surface area (Å²) in [6, 6.07) is -6.61. The third-order valence-corrected chi connectivity index (χ3v) is 6.47. The van der Waals surface area contributed by atoms with Gasteiger partial charge in [0.25, 0.3) is 0 Å². The Morgan fingerprint density at radius 2 is 1.22 bits per heavy atom. The number of guanidine groups is 1. The van der Waals surface area contributed by atoms with Crippen molar-refractivity contribution in [2.45, 2.75) is 95.4 Å². The van der Waals surface area contributed by atoms with E-state index in [2.05, 4.69) is 26.3 Å². The van der Waals surface area contributed by atoms with Gasteiger partial charge in [0.15, 0.2) is 5.96 Å². The summed E-state index contributed by atoms with van der Waals surface area (Å²) in [5, 5.41) is 19.0. The highest BCUT2D eigenvalue weighted by Crippen LogP contribution is 2.08. The number of aliphatic imine (C=N–C) groups is 1. The van der Waals surface area contributed by atoms with Gasteiger partial charge in [0.05, 0.1) is 12.5 Å². The molecule has 0 heterocycles. The van der Waals surface area contributed by atoms with Crippen LogP contribution in [-0.4, -0.2) is 95.8 Å². The Balaban J connectivity index is 6.06. The SMILES string of the molecule is CC(C)[C@H](NC(=O)[C@H](CCC(N)=O)NC(=O)[C@H](CCCN=C(N)N)NC(=O)[C@H](CC(N)=O)NC(=O)[C@@H](N)CCCCN)C(=O)O. The largest absolute Gasteiger partial charge is 0.480 e. The molecule has 45 heavy (non-hydrogen) atoms.